The van der Waals surface area contributed by atoms with Gasteiger partial charge in [-0.15, -0.1) is 0 Å². The van der Waals surface area contributed by atoms with Gasteiger partial charge in [0.1, 0.15) is 5.82 Å². The van der Waals surface area contributed by atoms with Gasteiger partial charge < -0.3 is 14.8 Å². The fourth-order valence-electron chi connectivity index (χ4n) is 1.82. The Balaban J connectivity index is 3.16. The first-order valence-corrected chi connectivity index (χ1v) is 7.12. The zero-order chi connectivity index (χ0) is 19.2. The molecular weight excluding hydrogens is 350 g/mol. The Morgan fingerprint density at radius 3 is 2.04 bits per heavy atom. The Morgan fingerprint density at radius 1 is 1.08 bits per heavy atom. The lowest BCUT2D eigenvalue weighted by Crippen LogP contribution is -2.48. The number of ether oxygens (including phenoxy) is 2. The molecule has 0 aliphatic heterocycles. The number of hydrogen-bond acceptors (Lipinski definition) is 5. The van der Waals surface area contributed by atoms with Crippen LogP contribution in [0.15, 0.2) is 18.2 Å². The number of nitrogens with one attached hydrogen (secondary N) is 1. The summed E-state index contributed by atoms with van der Waals surface area (Å²) in [5.41, 5.74) is -2.50. The van der Waals surface area contributed by atoms with Crippen LogP contribution in [0.4, 0.5) is 17.6 Å². The number of esters is 2. The Hall–Kier alpha value is -2.65. The van der Waals surface area contributed by atoms with E-state index in [1.165, 1.54) is 13.8 Å². The van der Waals surface area contributed by atoms with Gasteiger partial charge in [0.05, 0.1) is 24.3 Å². The summed E-state index contributed by atoms with van der Waals surface area (Å²) in [4.78, 5) is 35.6. The highest BCUT2D eigenvalue weighted by atomic mass is 19.4. The molecule has 0 spiro atoms. The summed E-state index contributed by atoms with van der Waals surface area (Å²) in [7, 11) is 0. The van der Waals surface area contributed by atoms with E-state index in [1.807, 2.05) is 5.32 Å². The van der Waals surface area contributed by atoms with Crippen molar-refractivity contribution in [2.75, 3.05) is 13.2 Å². The van der Waals surface area contributed by atoms with Crippen LogP contribution in [-0.2, 0) is 25.2 Å². The maximum atomic E-state index is 13.1. The standard InChI is InChI=1S/C15H15F4NO5/c1-3-24-13(22)11(14(23)25-4-2)20-12(21)9-6-5-8(16)7-10(9)15(17,18)19/h5-7,11H,3-4H2,1-2H3,(H,20,21). The van der Waals surface area contributed by atoms with Crippen molar-refractivity contribution < 1.29 is 41.4 Å². The van der Waals surface area contributed by atoms with Gasteiger partial charge in [-0.05, 0) is 32.0 Å². The predicted octanol–water partition coefficient (Wildman–Crippen LogP) is 2.07. The van der Waals surface area contributed by atoms with Crippen molar-refractivity contribution in [3.8, 4) is 0 Å². The molecule has 1 N–H and O–H groups in total. The summed E-state index contributed by atoms with van der Waals surface area (Å²) in [6, 6.07) is -0.563. The lowest BCUT2D eigenvalue weighted by molar-refractivity contribution is -0.157. The third kappa shape index (κ3) is 5.44. The molecule has 1 rings (SSSR count). The average molecular weight is 365 g/mol. The molecule has 0 unspecified atom stereocenters. The first kappa shape index (κ1) is 20.4. The van der Waals surface area contributed by atoms with Gasteiger partial charge in [0.2, 0.25) is 6.04 Å². The average Bonchev–Trinajstić information content (AvgIpc) is 2.51. The SMILES string of the molecule is CCOC(=O)C(NC(=O)c1ccc(F)cc1C(F)(F)F)C(=O)OCC. The summed E-state index contributed by atoms with van der Waals surface area (Å²) in [6.07, 6.45) is -5.02. The van der Waals surface area contributed by atoms with Crippen molar-refractivity contribution in [1.29, 1.82) is 0 Å². The Morgan fingerprint density at radius 2 is 1.60 bits per heavy atom. The van der Waals surface area contributed by atoms with Gasteiger partial charge in [-0.1, -0.05) is 0 Å². The Bertz CT molecular complexity index is 642. The molecule has 0 fully saturated rings. The number of benzene rings is 1. The summed E-state index contributed by atoms with van der Waals surface area (Å²) in [5.74, 6) is -4.98. The molecule has 0 heterocycles. The van der Waals surface area contributed by atoms with Crippen molar-refractivity contribution in [1.82, 2.24) is 5.32 Å². The molecule has 0 saturated heterocycles. The maximum Gasteiger partial charge on any atom is 0.417 e. The summed E-state index contributed by atoms with van der Waals surface area (Å²) < 4.78 is 61.1. The third-order valence-electron chi connectivity index (χ3n) is 2.85. The fraction of sp³-hybridized carbons (Fsp3) is 0.400. The van der Waals surface area contributed by atoms with Crippen LogP contribution in [0, 0.1) is 5.82 Å². The van der Waals surface area contributed by atoms with Crippen LogP contribution in [0.1, 0.15) is 29.8 Å². The monoisotopic (exact) mass is 365 g/mol. The molecule has 0 aromatic heterocycles. The summed E-state index contributed by atoms with van der Waals surface area (Å²) in [6.45, 7) is 2.61. The molecule has 138 valence electrons. The fourth-order valence-corrected chi connectivity index (χ4v) is 1.82. The van der Waals surface area contributed by atoms with Crippen molar-refractivity contribution >= 4 is 17.8 Å². The van der Waals surface area contributed by atoms with Crippen LogP contribution in [0.5, 0.6) is 0 Å². The third-order valence-corrected chi connectivity index (χ3v) is 2.85. The molecular formula is C15H15F4NO5. The first-order valence-electron chi connectivity index (χ1n) is 7.12. The van der Waals surface area contributed by atoms with E-state index in [4.69, 9.17) is 0 Å². The number of carbonyl (C=O) groups is 3. The molecule has 1 aromatic carbocycles. The van der Waals surface area contributed by atoms with Gasteiger partial charge >= 0.3 is 18.1 Å². The predicted molar refractivity (Wildman–Crippen MR) is 75.9 cm³/mol. The van der Waals surface area contributed by atoms with Crippen molar-refractivity contribution in [3.63, 3.8) is 0 Å². The number of rotatable bonds is 6. The van der Waals surface area contributed by atoms with Crippen LogP contribution in [-0.4, -0.2) is 37.1 Å². The highest BCUT2D eigenvalue weighted by molar-refractivity contribution is 6.06. The van der Waals surface area contributed by atoms with Gasteiger partial charge in [0.25, 0.3) is 5.91 Å². The van der Waals surface area contributed by atoms with E-state index < -0.39 is 47.0 Å². The molecule has 10 heteroatoms. The van der Waals surface area contributed by atoms with E-state index in [0.29, 0.717) is 12.1 Å². The van der Waals surface area contributed by atoms with Gasteiger partial charge in [-0.25, -0.2) is 14.0 Å². The van der Waals surface area contributed by atoms with Crippen molar-refractivity contribution in [3.05, 3.63) is 35.1 Å². The second kappa shape index (κ2) is 8.45. The van der Waals surface area contributed by atoms with Gasteiger partial charge in [-0.2, -0.15) is 13.2 Å². The number of carbonyl (C=O) groups excluding carboxylic acids is 3. The second-order valence-corrected chi connectivity index (χ2v) is 4.60. The van der Waals surface area contributed by atoms with Crippen molar-refractivity contribution in [2.45, 2.75) is 26.1 Å². The largest absolute Gasteiger partial charge is 0.464 e. The molecule has 0 aliphatic rings. The zero-order valence-electron chi connectivity index (χ0n) is 13.3. The van der Waals surface area contributed by atoms with Crippen LogP contribution >= 0.6 is 0 Å². The van der Waals surface area contributed by atoms with E-state index in [-0.39, 0.29) is 19.3 Å². The quantitative estimate of drug-likeness (QED) is 0.474. The lowest BCUT2D eigenvalue weighted by atomic mass is 10.1. The Kier molecular flexibility index (Phi) is 6.89. The summed E-state index contributed by atoms with van der Waals surface area (Å²) >= 11 is 0. The van der Waals surface area contributed by atoms with Crippen molar-refractivity contribution in [2.24, 2.45) is 0 Å². The highest BCUT2D eigenvalue weighted by Crippen LogP contribution is 2.32. The van der Waals surface area contributed by atoms with E-state index >= 15 is 0 Å². The van der Waals surface area contributed by atoms with Gasteiger partial charge in [-0.3, -0.25) is 4.79 Å². The minimum absolute atomic E-state index is 0.130. The summed E-state index contributed by atoms with van der Waals surface area (Å²) in [5, 5.41) is 1.82. The van der Waals surface area contributed by atoms with E-state index in [9.17, 15) is 31.9 Å². The number of amides is 1. The van der Waals surface area contributed by atoms with E-state index in [1.54, 1.807) is 0 Å². The topological polar surface area (TPSA) is 81.7 Å². The smallest absolute Gasteiger partial charge is 0.417 e. The molecule has 25 heavy (non-hydrogen) atoms. The molecule has 0 radical (unpaired) electrons. The van der Waals surface area contributed by atoms with E-state index in [0.717, 1.165) is 0 Å². The number of hydrogen-bond donors (Lipinski definition) is 1. The maximum absolute atomic E-state index is 13.1. The number of halogens is 4. The molecule has 0 aliphatic carbocycles. The molecule has 1 amide bonds. The first-order chi connectivity index (χ1) is 11.6. The molecule has 0 bridgehead atoms. The van der Waals surface area contributed by atoms with Crippen LogP contribution in [0.3, 0.4) is 0 Å². The molecule has 0 saturated carbocycles. The normalized spacial score (nSPS) is 11.2. The van der Waals surface area contributed by atoms with Gasteiger partial charge in [0.15, 0.2) is 0 Å². The Labute approximate surface area is 140 Å². The lowest BCUT2D eigenvalue weighted by Gasteiger charge is -2.17. The minimum Gasteiger partial charge on any atom is -0.464 e. The zero-order valence-corrected chi connectivity index (χ0v) is 13.3. The second-order valence-electron chi connectivity index (χ2n) is 4.60. The molecule has 1 aromatic rings. The van der Waals surface area contributed by atoms with Crippen LogP contribution in [0.2, 0.25) is 0 Å². The van der Waals surface area contributed by atoms with Gasteiger partial charge in [0, 0.05) is 0 Å². The highest BCUT2D eigenvalue weighted by Gasteiger charge is 2.38. The number of alkyl halides is 3. The minimum atomic E-state index is -5.02. The van der Waals surface area contributed by atoms with Crippen LogP contribution < -0.4 is 5.32 Å². The van der Waals surface area contributed by atoms with Crippen LogP contribution in [0.25, 0.3) is 0 Å². The molecule has 6 nitrogen and oxygen atoms in total. The van der Waals surface area contributed by atoms with E-state index in [2.05, 4.69) is 9.47 Å². The molecule has 0 atom stereocenters.